The number of aryl methyl sites for hydroxylation is 1. The van der Waals surface area contributed by atoms with Crippen molar-refractivity contribution in [1.29, 1.82) is 0 Å². The fourth-order valence-corrected chi connectivity index (χ4v) is 2.65. The van der Waals surface area contributed by atoms with E-state index in [0.29, 0.717) is 29.5 Å². The lowest BCUT2D eigenvalue weighted by molar-refractivity contribution is -0.274. The van der Waals surface area contributed by atoms with Gasteiger partial charge in [-0.05, 0) is 54.3 Å². The third kappa shape index (κ3) is 3.59. The minimum atomic E-state index is -4.73. The van der Waals surface area contributed by atoms with Gasteiger partial charge in [0.1, 0.15) is 11.5 Å². The third-order valence-electron chi connectivity index (χ3n) is 3.75. The molecule has 24 heavy (non-hydrogen) atoms. The van der Waals surface area contributed by atoms with Crippen LogP contribution in [0.1, 0.15) is 27.9 Å². The molecule has 3 nitrogen and oxygen atoms in total. The molecule has 0 aliphatic heterocycles. The van der Waals surface area contributed by atoms with Gasteiger partial charge < -0.3 is 9.84 Å². The molecule has 3 rings (SSSR count). The van der Waals surface area contributed by atoms with E-state index in [9.17, 15) is 23.1 Å². The minimum absolute atomic E-state index is 0.0250. The second-order valence-electron chi connectivity index (χ2n) is 5.46. The van der Waals surface area contributed by atoms with Crippen LogP contribution in [0.5, 0.6) is 11.5 Å². The summed E-state index contributed by atoms with van der Waals surface area (Å²) in [5, 5.41) is 9.53. The van der Waals surface area contributed by atoms with E-state index in [2.05, 4.69) is 4.74 Å². The highest BCUT2D eigenvalue weighted by Crippen LogP contribution is 2.29. The summed E-state index contributed by atoms with van der Waals surface area (Å²) >= 11 is 0. The lowest BCUT2D eigenvalue weighted by atomic mass is 9.86. The molecule has 1 aliphatic carbocycles. The van der Waals surface area contributed by atoms with Crippen LogP contribution in [0, 0.1) is 0 Å². The van der Waals surface area contributed by atoms with Crippen LogP contribution in [-0.4, -0.2) is 17.3 Å². The van der Waals surface area contributed by atoms with E-state index in [1.165, 1.54) is 30.3 Å². The van der Waals surface area contributed by atoms with Gasteiger partial charge in [0.15, 0.2) is 5.78 Å². The molecule has 0 heterocycles. The van der Waals surface area contributed by atoms with Gasteiger partial charge in [-0.2, -0.15) is 0 Å². The summed E-state index contributed by atoms with van der Waals surface area (Å²) in [6.45, 7) is 0. The number of alkyl halides is 3. The Bertz CT molecular complexity index is 805. The van der Waals surface area contributed by atoms with Crippen molar-refractivity contribution in [2.24, 2.45) is 0 Å². The quantitative estimate of drug-likeness (QED) is 0.823. The number of allylic oxidation sites excluding steroid dienone is 1. The molecule has 0 spiro atoms. The molecular weight excluding hydrogens is 321 g/mol. The Morgan fingerprint density at radius 1 is 1.04 bits per heavy atom. The molecule has 0 aromatic heterocycles. The van der Waals surface area contributed by atoms with Crippen LogP contribution in [0.2, 0.25) is 0 Å². The fraction of sp³-hybridized carbons (Fsp3) is 0.167. The predicted octanol–water partition coefficient (Wildman–Crippen LogP) is 4.50. The Morgan fingerprint density at radius 2 is 1.75 bits per heavy atom. The molecule has 1 aliphatic rings. The SMILES string of the molecule is O=C1/C(=C/c2ccc(OC(F)(F)F)cc2)CCc2ccc(O)cc21. The summed E-state index contributed by atoms with van der Waals surface area (Å²) in [5.74, 6) is -0.463. The topological polar surface area (TPSA) is 46.5 Å². The number of hydrogen-bond acceptors (Lipinski definition) is 3. The number of ketones is 1. The first-order valence-corrected chi connectivity index (χ1v) is 7.25. The zero-order chi connectivity index (χ0) is 17.3. The maximum Gasteiger partial charge on any atom is 0.573 e. The molecule has 1 N–H and O–H groups in total. The fourth-order valence-electron chi connectivity index (χ4n) is 2.65. The Hall–Kier alpha value is -2.76. The summed E-state index contributed by atoms with van der Waals surface area (Å²) in [5.41, 5.74) is 2.50. The summed E-state index contributed by atoms with van der Waals surface area (Å²) in [4.78, 5) is 12.5. The summed E-state index contributed by atoms with van der Waals surface area (Å²) in [7, 11) is 0. The normalized spacial score (nSPS) is 16.1. The van der Waals surface area contributed by atoms with Crippen molar-refractivity contribution >= 4 is 11.9 Å². The molecule has 0 saturated carbocycles. The van der Waals surface area contributed by atoms with Gasteiger partial charge in [-0.15, -0.1) is 13.2 Å². The number of aromatic hydroxyl groups is 1. The number of benzene rings is 2. The van der Waals surface area contributed by atoms with Gasteiger partial charge in [0.05, 0.1) is 0 Å². The van der Waals surface area contributed by atoms with Crippen molar-refractivity contribution < 1.29 is 27.8 Å². The molecule has 0 bridgehead atoms. The van der Waals surface area contributed by atoms with E-state index < -0.39 is 6.36 Å². The van der Waals surface area contributed by atoms with Crippen LogP contribution in [0.4, 0.5) is 13.2 Å². The lowest BCUT2D eigenvalue weighted by Gasteiger charge is -2.17. The molecule has 2 aromatic rings. The van der Waals surface area contributed by atoms with Gasteiger partial charge >= 0.3 is 6.36 Å². The summed E-state index contributed by atoms with van der Waals surface area (Å²) in [6.07, 6.45) is -1.88. The van der Waals surface area contributed by atoms with Crippen LogP contribution in [0.25, 0.3) is 6.08 Å². The number of phenols is 1. The minimum Gasteiger partial charge on any atom is -0.508 e. The van der Waals surface area contributed by atoms with Crippen molar-refractivity contribution in [2.75, 3.05) is 0 Å². The van der Waals surface area contributed by atoms with Gasteiger partial charge in [0.25, 0.3) is 0 Å². The van der Waals surface area contributed by atoms with Crippen LogP contribution >= 0.6 is 0 Å². The molecule has 2 aromatic carbocycles. The monoisotopic (exact) mass is 334 g/mol. The second kappa shape index (κ2) is 6.03. The van der Waals surface area contributed by atoms with Crippen molar-refractivity contribution in [2.45, 2.75) is 19.2 Å². The first kappa shape index (κ1) is 16.1. The second-order valence-corrected chi connectivity index (χ2v) is 5.46. The number of carbonyl (C=O) groups excluding carboxylic acids is 1. The van der Waals surface area contributed by atoms with Gasteiger partial charge in [0.2, 0.25) is 0 Å². The lowest BCUT2D eigenvalue weighted by Crippen LogP contribution is -2.17. The standard InChI is InChI=1S/C18H13F3O3/c19-18(20,21)24-15-7-1-11(2-8-15)9-13-4-3-12-5-6-14(22)10-16(12)17(13)23/h1-2,5-10,22H,3-4H2/b13-9+. The average Bonchev–Trinajstić information content (AvgIpc) is 2.51. The molecule has 0 saturated heterocycles. The number of rotatable bonds is 2. The first-order valence-electron chi connectivity index (χ1n) is 7.25. The molecule has 0 amide bonds. The van der Waals surface area contributed by atoms with Crippen molar-refractivity contribution in [1.82, 2.24) is 0 Å². The number of hydrogen-bond donors (Lipinski definition) is 1. The molecular formula is C18H13F3O3. The van der Waals surface area contributed by atoms with Crippen LogP contribution < -0.4 is 4.74 Å². The van der Waals surface area contributed by atoms with Gasteiger partial charge in [-0.3, -0.25) is 4.79 Å². The molecule has 124 valence electrons. The number of fused-ring (bicyclic) bond motifs is 1. The van der Waals surface area contributed by atoms with Gasteiger partial charge in [-0.25, -0.2) is 0 Å². The number of Topliss-reactive ketones (excluding diaryl/α,β-unsaturated/α-hetero) is 1. The molecule has 0 atom stereocenters. The number of halogens is 3. The molecule has 0 radical (unpaired) electrons. The van der Waals surface area contributed by atoms with E-state index in [0.717, 1.165) is 5.56 Å². The number of phenolic OH excluding ortho intramolecular Hbond substituents is 1. The average molecular weight is 334 g/mol. The zero-order valence-electron chi connectivity index (χ0n) is 12.4. The Morgan fingerprint density at radius 3 is 2.42 bits per heavy atom. The Labute approximate surface area is 136 Å². The molecule has 0 fully saturated rings. The maximum absolute atomic E-state index is 12.5. The Balaban J connectivity index is 1.83. The smallest absolute Gasteiger partial charge is 0.508 e. The highest BCUT2D eigenvalue weighted by Gasteiger charge is 2.31. The van der Waals surface area contributed by atoms with Crippen molar-refractivity contribution in [3.8, 4) is 11.5 Å². The van der Waals surface area contributed by atoms with E-state index >= 15 is 0 Å². The van der Waals surface area contributed by atoms with Crippen LogP contribution in [-0.2, 0) is 6.42 Å². The van der Waals surface area contributed by atoms with Crippen LogP contribution in [0.3, 0.4) is 0 Å². The largest absolute Gasteiger partial charge is 0.573 e. The third-order valence-corrected chi connectivity index (χ3v) is 3.75. The maximum atomic E-state index is 12.5. The summed E-state index contributed by atoms with van der Waals surface area (Å²) < 4.78 is 40.2. The zero-order valence-corrected chi connectivity index (χ0v) is 12.4. The molecule has 0 unspecified atom stereocenters. The highest BCUT2D eigenvalue weighted by atomic mass is 19.4. The van der Waals surface area contributed by atoms with Crippen molar-refractivity contribution in [3.63, 3.8) is 0 Å². The van der Waals surface area contributed by atoms with Crippen molar-refractivity contribution in [3.05, 3.63) is 64.7 Å². The molecule has 6 heteroatoms. The van der Waals surface area contributed by atoms with E-state index in [1.807, 2.05) is 0 Å². The number of ether oxygens (including phenoxy) is 1. The Kier molecular flexibility index (Phi) is 4.05. The van der Waals surface area contributed by atoms with E-state index in [1.54, 1.807) is 18.2 Å². The van der Waals surface area contributed by atoms with Gasteiger partial charge in [0, 0.05) is 11.1 Å². The summed E-state index contributed by atoms with van der Waals surface area (Å²) in [6, 6.07) is 10.0. The highest BCUT2D eigenvalue weighted by molar-refractivity contribution is 6.13. The predicted molar refractivity (Wildman–Crippen MR) is 81.9 cm³/mol. The van der Waals surface area contributed by atoms with Crippen LogP contribution in [0.15, 0.2) is 48.0 Å². The number of carbonyl (C=O) groups is 1. The van der Waals surface area contributed by atoms with Gasteiger partial charge in [-0.1, -0.05) is 18.2 Å². The van der Waals surface area contributed by atoms with E-state index in [-0.39, 0.29) is 17.3 Å². The van der Waals surface area contributed by atoms with E-state index in [4.69, 9.17) is 0 Å². The first-order chi connectivity index (χ1) is 11.3.